The first-order chi connectivity index (χ1) is 20.2. The maximum Gasteiger partial charge on any atom is 0.247 e. The van der Waals surface area contributed by atoms with Crippen molar-refractivity contribution in [1.82, 2.24) is 14.9 Å². The fourth-order valence-electron chi connectivity index (χ4n) is 4.73. The predicted molar refractivity (Wildman–Crippen MR) is 166 cm³/mol. The molecule has 4 rings (SSSR count). The molecule has 11 nitrogen and oxygen atoms in total. The summed E-state index contributed by atoms with van der Waals surface area (Å²) in [6, 6.07) is 12.5. The third-order valence-electron chi connectivity index (χ3n) is 7.08. The van der Waals surface area contributed by atoms with Crippen molar-refractivity contribution in [3.63, 3.8) is 0 Å². The molecule has 3 N–H and O–H groups in total. The summed E-state index contributed by atoms with van der Waals surface area (Å²) in [6.07, 6.45) is 4.14. The third kappa shape index (κ3) is 7.62. The van der Waals surface area contributed by atoms with Gasteiger partial charge in [-0.25, -0.2) is 9.97 Å². The third-order valence-corrected chi connectivity index (χ3v) is 7.08. The molecule has 1 fully saturated rings. The smallest absolute Gasteiger partial charge is 0.247 e. The molecule has 0 saturated carbocycles. The second kappa shape index (κ2) is 13.9. The van der Waals surface area contributed by atoms with Gasteiger partial charge < -0.3 is 35.2 Å². The number of benzene rings is 2. The molecule has 0 radical (unpaired) electrons. The van der Waals surface area contributed by atoms with Gasteiger partial charge in [-0.05, 0) is 69.4 Å². The van der Waals surface area contributed by atoms with E-state index in [1.807, 2.05) is 44.2 Å². The van der Waals surface area contributed by atoms with Crippen LogP contribution in [-0.4, -0.2) is 92.2 Å². The van der Waals surface area contributed by atoms with Gasteiger partial charge in [-0.3, -0.25) is 9.59 Å². The van der Waals surface area contributed by atoms with Crippen LogP contribution in [0.2, 0.25) is 0 Å². The Labute approximate surface area is 246 Å². The number of ketones is 1. The molecule has 3 aromatic rings. The zero-order valence-electron chi connectivity index (χ0n) is 24.6. The Bertz CT molecular complexity index is 1410. The number of hydrogen-bond donors (Lipinski definition) is 3. The Morgan fingerprint density at radius 2 is 1.90 bits per heavy atom. The summed E-state index contributed by atoms with van der Waals surface area (Å²) in [6.45, 7) is 6.55. The number of anilines is 5. The minimum absolute atomic E-state index is 0.202. The molecular weight excluding hydrogens is 534 g/mol. The molecule has 0 spiro atoms. The SMILES string of the molecule is C=CC(=O)Nc1cc(Nc2nccc(C(=O)c3ccc(N4CCC[C@@H](O)C4)cc3)n2)c(OC)cc1N(C)CCN(C)C. The van der Waals surface area contributed by atoms with Crippen molar-refractivity contribution in [3.05, 3.63) is 72.6 Å². The van der Waals surface area contributed by atoms with Gasteiger partial charge in [0.25, 0.3) is 0 Å². The molecule has 1 saturated heterocycles. The van der Waals surface area contributed by atoms with Crippen LogP contribution in [0, 0.1) is 0 Å². The van der Waals surface area contributed by atoms with E-state index in [1.54, 1.807) is 31.4 Å². The van der Waals surface area contributed by atoms with E-state index in [0.717, 1.165) is 37.3 Å². The molecular formula is C31H39N7O4. The van der Waals surface area contributed by atoms with Gasteiger partial charge in [-0.1, -0.05) is 6.58 Å². The predicted octanol–water partition coefficient (Wildman–Crippen LogP) is 3.54. The van der Waals surface area contributed by atoms with Crippen molar-refractivity contribution in [1.29, 1.82) is 0 Å². The number of hydrogen-bond acceptors (Lipinski definition) is 10. The van der Waals surface area contributed by atoms with E-state index in [2.05, 4.69) is 37.0 Å². The number of piperidine rings is 1. The lowest BCUT2D eigenvalue weighted by Gasteiger charge is -2.32. The molecule has 1 atom stereocenters. The van der Waals surface area contributed by atoms with Crippen LogP contribution in [-0.2, 0) is 4.79 Å². The summed E-state index contributed by atoms with van der Waals surface area (Å²) in [5, 5.41) is 16.0. The summed E-state index contributed by atoms with van der Waals surface area (Å²) in [5.74, 6) is 0.124. The first kappa shape index (κ1) is 30.5. The molecule has 11 heteroatoms. The number of aromatic nitrogens is 2. The molecule has 0 aliphatic carbocycles. The lowest BCUT2D eigenvalue weighted by Crippen LogP contribution is -2.38. The van der Waals surface area contributed by atoms with Gasteiger partial charge in [0.2, 0.25) is 17.6 Å². The number of aliphatic hydroxyl groups excluding tert-OH is 1. The zero-order chi connectivity index (χ0) is 30.2. The standard InChI is InChI=1S/C31H39N7O4/c1-6-29(40)33-25-18-26(28(42-5)19-27(25)37(4)17-16-36(2)3)35-31-32-14-13-24(34-31)30(41)21-9-11-22(12-10-21)38-15-7-8-23(39)20-38/h6,9-14,18-19,23,39H,1,7-8,15-17,20H2,2-5H3,(H,33,40)(H,32,34,35)/t23-/m1/s1. The van der Waals surface area contributed by atoms with Gasteiger partial charge in [0.05, 0.1) is 30.3 Å². The lowest BCUT2D eigenvalue weighted by atomic mass is 10.0. The first-order valence-electron chi connectivity index (χ1n) is 13.9. The van der Waals surface area contributed by atoms with Crippen molar-refractivity contribution >= 4 is 40.4 Å². The minimum atomic E-state index is -0.347. The monoisotopic (exact) mass is 573 g/mol. The Morgan fingerprint density at radius 3 is 2.57 bits per heavy atom. The van der Waals surface area contributed by atoms with E-state index in [0.29, 0.717) is 35.8 Å². The molecule has 42 heavy (non-hydrogen) atoms. The highest BCUT2D eigenvalue weighted by molar-refractivity contribution is 6.08. The van der Waals surface area contributed by atoms with Crippen molar-refractivity contribution in [2.75, 3.05) is 74.9 Å². The highest BCUT2D eigenvalue weighted by Gasteiger charge is 2.20. The number of β-amino-alcohol motifs (C(OH)–C–C–N with tert-alkyl or cyclic N) is 1. The number of nitrogens with one attached hydrogen (secondary N) is 2. The maximum atomic E-state index is 13.3. The van der Waals surface area contributed by atoms with Gasteiger partial charge in [0.15, 0.2) is 0 Å². The number of rotatable bonds is 12. The van der Waals surface area contributed by atoms with Crippen molar-refractivity contribution < 1.29 is 19.4 Å². The normalized spacial score (nSPS) is 14.8. The second-order valence-corrected chi connectivity index (χ2v) is 10.5. The summed E-state index contributed by atoms with van der Waals surface area (Å²) >= 11 is 0. The maximum absolute atomic E-state index is 13.3. The highest BCUT2D eigenvalue weighted by Crippen LogP contribution is 2.38. The number of carbonyl (C=O) groups is 2. The molecule has 1 aliphatic heterocycles. The molecule has 1 aliphatic rings. The van der Waals surface area contributed by atoms with E-state index in [9.17, 15) is 14.7 Å². The van der Waals surface area contributed by atoms with Crippen LogP contribution < -0.4 is 25.2 Å². The van der Waals surface area contributed by atoms with Crippen LogP contribution in [0.3, 0.4) is 0 Å². The highest BCUT2D eigenvalue weighted by atomic mass is 16.5. The Morgan fingerprint density at radius 1 is 1.14 bits per heavy atom. The quantitative estimate of drug-likeness (QED) is 0.219. The van der Waals surface area contributed by atoms with Crippen LogP contribution in [0.4, 0.5) is 28.7 Å². The van der Waals surface area contributed by atoms with Gasteiger partial charge in [0, 0.05) is 56.7 Å². The van der Waals surface area contributed by atoms with Crippen LogP contribution >= 0.6 is 0 Å². The second-order valence-electron chi connectivity index (χ2n) is 10.5. The number of ether oxygens (including phenoxy) is 1. The average Bonchev–Trinajstić information content (AvgIpc) is 2.99. The van der Waals surface area contributed by atoms with Crippen LogP contribution in [0.15, 0.2) is 61.3 Å². The van der Waals surface area contributed by atoms with Crippen molar-refractivity contribution in [3.8, 4) is 5.75 Å². The number of amides is 1. The fourth-order valence-corrected chi connectivity index (χ4v) is 4.73. The van der Waals surface area contributed by atoms with E-state index in [1.165, 1.54) is 12.3 Å². The summed E-state index contributed by atoms with van der Waals surface area (Å²) < 4.78 is 5.66. The minimum Gasteiger partial charge on any atom is -0.494 e. The number of nitrogens with zero attached hydrogens (tertiary/aromatic N) is 5. The average molecular weight is 574 g/mol. The summed E-state index contributed by atoms with van der Waals surface area (Å²) in [5.41, 5.74) is 3.53. The molecule has 1 amide bonds. The van der Waals surface area contributed by atoms with Crippen molar-refractivity contribution in [2.45, 2.75) is 18.9 Å². The van der Waals surface area contributed by atoms with Gasteiger partial charge >= 0.3 is 0 Å². The van der Waals surface area contributed by atoms with E-state index >= 15 is 0 Å². The van der Waals surface area contributed by atoms with Crippen molar-refractivity contribution in [2.24, 2.45) is 0 Å². The molecule has 0 unspecified atom stereocenters. The number of methoxy groups -OCH3 is 1. The first-order valence-corrected chi connectivity index (χ1v) is 13.9. The molecule has 1 aromatic heterocycles. The van der Waals surface area contributed by atoms with Crippen LogP contribution in [0.1, 0.15) is 28.9 Å². The molecule has 222 valence electrons. The Balaban J connectivity index is 1.57. The fraction of sp³-hybridized carbons (Fsp3) is 0.355. The molecule has 0 bridgehead atoms. The zero-order valence-corrected chi connectivity index (χ0v) is 24.6. The number of aliphatic hydroxyl groups is 1. The number of carbonyl (C=O) groups excluding carboxylic acids is 2. The largest absolute Gasteiger partial charge is 0.494 e. The topological polar surface area (TPSA) is 123 Å². The Hall–Kier alpha value is -4.48. The lowest BCUT2D eigenvalue weighted by molar-refractivity contribution is -0.111. The molecule has 2 aromatic carbocycles. The van der Waals surface area contributed by atoms with Gasteiger partial charge in [0.1, 0.15) is 11.4 Å². The summed E-state index contributed by atoms with van der Waals surface area (Å²) in [4.78, 5) is 40.5. The molecule has 2 heterocycles. The van der Waals surface area contributed by atoms with E-state index < -0.39 is 0 Å². The van der Waals surface area contributed by atoms with Gasteiger partial charge in [-0.2, -0.15) is 0 Å². The van der Waals surface area contributed by atoms with Gasteiger partial charge in [-0.15, -0.1) is 0 Å². The summed E-state index contributed by atoms with van der Waals surface area (Å²) in [7, 11) is 7.49. The van der Waals surface area contributed by atoms with Crippen LogP contribution in [0.5, 0.6) is 5.75 Å². The Kier molecular flexibility index (Phi) is 10.1. The van der Waals surface area contributed by atoms with Crippen LogP contribution in [0.25, 0.3) is 0 Å². The number of likely N-dealkylation sites (N-methyl/N-ethyl adjacent to an activating group) is 2. The van der Waals surface area contributed by atoms with E-state index in [-0.39, 0.29) is 29.4 Å². The van der Waals surface area contributed by atoms with E-state index in [4.69, 9.17) is 4.74 Å².